The van der Waals surface area contributed by atoms with Crippen LogP contribution in [0.2, 0.25) is 0 Å². The molecule has 0 amide bonds. The van der Waals surface area contributed by atoms with Crippen molar-refractivity contribution in [3.05, 3.63) is 34.0 Å². The summed E-state index contributed by atoms with van der Waals surface area (Å²) in [5.41, 5.74) is 2.26. The van der Waals surface area contributed by atoms with Crippen LogP contribution in [0.15, 0.2) is 22.8 Å². The van der Waals surface area contributed by atoms with Crippen molar-refractivity contribution in [3.63, 3.8) is 0 Å². The quantitative estimate of drug-likeness (QED) is 0.639. The van der Waals surface area contributed by atoms with Gasteiger partial charge in [-0.15, -0.1) is 11.3 Å². The Morgan fingerprint density at radius 2 is 2.30 bits per heavy atom. The maximum Gasteiger partial charge on any atom is 0.191 e. The Morgan fingerprint density at radius 1 is 1.45 bits per heavy atom. The summed E-state index contributed by atoms with van der Waals surface area (Å²) in [5, 5.41) is 13.9. The molecule has 0 aliphatic rings. The molecule has 2 heterocycles. The molecule has 0 bridgehead atoms. The average Bonchev–Trinajstić information content (AvgIpc) is 3.02. The number of thiazole rings is 1. The Bertz CT molecular complexity index is 571. The summed E-state index contributed by atoms with van der Waals surface area (Å²) in [6, 6.07) is 0. The van der Waals surface area contributed by atoms with Gasteiger partial charge in [-0.2, -0.15) is 5.10 Å². The lowest BCUT2D eigenvalue weighted by Gasteiger charge is -2.10. The standard InChI is InChI=1S/C13H20N6S/c1-10-18-12(9-20-10)4-5-15-13(14-2)16-6-11-7-17-19(3)8-11/h7-9H,4-6H2,1-3H3,(H2,14,15,16). The average molecular weight is 292 g/mol. The highest BCUT2D eigenvalue weighted by molar-refractivity contribution is 7.09. The fourth-order valence-electron chi connectivity index (χ4n) is 1.80. The summed E-state index contributed by atoms with van der Waals surface area (Å²) in [4.78, 5) is 8.63. The zero-order chi connectivity index (χ0) is 14.4. The molecule has 0 radical (unpaired) electrons. The third-order valence-corrected chi connectivity index (χ3v) is 3.60. The summed E-state index contributed by atoms with van der Waals surface area (Å²) in [7, 11) is 3.68. The van der Waals surface area contributed by atoms with E-state index in [1.807, 2.05) is 26.4 Å². The largest absolute Gasteiger partial charge is 0.356 e. The van der Waals surface area contributed by atoms with Crippen LogP contribution < -0.4 is 10.6 Å². The number of hydrogen-bond acceptors (Lipinski definition) is 4. The summed E-state index contributed by atoms with van der Waals surface area (Å²) in [5.74, 6) is 0.792. The highest BCUT2D eigenvalue weighted by Gasteiger charge is 2.01. The van der Waals surface area contributed by atoms with Gasteiger partial charge in [0.05, 0.1) is 16.9 Å². The van der Waals surface area contributed by atoms with Crippen LogP contribution in [-0.2, 0) is 20.0 Å². The van der Waals surface area contributed by atoms with E-state index in [1.165, 1.54) is 0 Å². The Kier molecular flexibility index (Phi) is 5.11. The third kappa shape index (κ3) is 4.34. The fourth-order valence-corrected chi connectivity index (χ4v) is 2.45. The van der Waals surface area contributed by atoms with Gasteiger partial charge in [0, 0.05) is 50.7 Å². The number of nitrogens with one attached hydrogen (secondary N) is 2. The van der Waals surface area contributed by atoms with E-state index in [4.69, 9.17) is 0 Å². The van der Waals surface area contributed by atoms with Crippen molar-refractivity contribution in [2.45, 2.75) is 19.9 Å². The van der Waals surface area contributed by atoms with Gasteiger partial charge in [0.15, 0.2) is 5.96 Å². The van der Waals surface area contributed by atoms with Crippen LogP contribution >= 0.6 is 11.3 Å². The van der Waals surface area contributed by atoms with Gasteiger partial charge in [0.2, 0.25) is 0 Å². The van der Waals surface area contributed by atoms with Crippen LogP contribution in [0.4, 0.5) is 0 Å². The van der Waals surface area contributed by atoms with Crippen LogP contribution in [0.25, 0.3) is 0 Å². The van der Waals surface area contributed by atoms with Gasteiger partial charge in [0.1, 0.15) is 0 Å². The lowest BCUT2D eigenvalue weighted by molar-refractivity contribution is 0.763. The first kappa shape index (κ1) is 14.5. The molecule has 0 fully saturated rings. The molecule has 2 aromatic heterocycles. The number of aryl methyl sites for hydroxylation is 2. The van der Waals surface area contributed by atoms with Gasteiger partial charge in [-0.1, -0.05) is 0 Å². The molecule has 0 aromatic carbocycles. The molecular weight excluding hydrogens is 272 g/mol. The Hall–Kier alpha value is -1.89. The second kappa shape index (κ2) is 7.04. The maximum absolute atomic E-state index is 4.44. The number of nitrogens with zero attached hydrogens (tertiary/aromatic N) is 4. The van der Waals surface area contributed by atoms with Gasteiger partial charge in [-0.3, -0.25) is 9.67 Å². The monoisotopic (exact) mass is 292 g/mol. The number of guanidine groups is 1. The van der Waals surface area contributed by atoms with E-state index in [0.717, 1.165) is 35.2 Å². The minimum absolute atomic E-state index is 0.712. The molecule has 0 atom stereocenters. The highest BCUT2D eigenvalue weighted by atomic mass is 32.1. The Balaban J connectivity index is 1.72. The minimum Gasteiger partial charge on any atom is -0.356 e. The van der Waals surface area contributed by atoms with Crippen molar-refractivity contribution in [1.29, 1.82) is 0 Å². The molecule has 2 aromatic rings. The van der Waals surface area contributed by atoms with Crippen molar-refractivity contribution >= 4 is 17.3 Å². The van der Waals surface area contributed by atoms with E-state index in [0.29, 0.717) is 6.54 Å². The predicted octanol–water partition coefficient (Wildman–Crippen LogP) is 1.09. The molecule has 0 saturated heterocycles. The molecule has 0 aliphatic carbocycles. The molecule has 6 nitrogen and oxygen atoms in total. The normalized spacial score (nSPS) is 11.7. The van der Waals surface area contributed by atoms with Gasteiger partial charge in [-0.05, 0) is 6.92 Å². The number of aliphatic imine (C=N–C) groups is 1. The lowest BCUT2D eigenvalue weighted by atomic mass is 10.3. The first-order valence-corrected chi connectivity index (χ1v) is 7.38. The smallest absolute Gasteiger partial charge is 0.191 e. The van der Waals surface area contributed by atoms with Crippen molar-refractivity contribution in [1.82, 2.24) is 25.4 Å². The summed E-state index contributed by atoms with van der Waals surface area (Å²) in [6.45, 7) is 3.55. The number of aromatic nitrogens is 3. The fraction of sp³-hybridized carbons (Fsp3) is 0.462. The molecule has 108 valence electrons. The molecular formula is C13H20N6S. The number of hydrogen-bond donors (Lipinski definition) is 2. The van der Waals surface area contributed by atoms with Crippen LogP contribution in [0, 0.1) is 6.92 Å². The first-order chi connectivity index (χ1) is 9.67. The molecule has 7 heteroatoms. The van der Waals surface area contributed by atoms with Crippen LogP contribution in [0.1, 0.15) is 16.3 Å². The molecule has 0 aliphatic heterocycles. The van der Waals surface area contributed by atoms with E-state index in [2.05, 4.69) is 31.1 Å². The van der Waals surface area contributed by atoms with Gasteiger partial charge >= 0.3 is 0 Å². The third-order valence-electron chi connectivity index (χ3n) is 2.78. The number of rotatable bonds is 5. The predicted molar refractivity (Wildman–Crippen MR) is 82.0 cm³/mol. The lowest BCUT2D eigenvalue weighted by Crippen LogP contribution is -2.37. The van der Waals surface area contributed by atoms with Crippen LogP contribution in [-0.4, -0.2) is 34.3 Å². The summed E-state index contributed by atoms with van der Waals surface area (Å²) < 4.78 is 1.79. The molecule has 0 saturated carbocycles. The second-order valence-electron chi connectivity index (χ2n) is 4.48. The molecule has 0 spiro atoms. The van der Waals surface area contributed by atoms with Crippen LogP contribution in [0.5, 0.6) is 0 Å². The van der Waals surface area contributed by atoms with Gasteiger partial charge < -0.3 is 10.6 Å². The summed E-state index contributed by atoms with van der Waals surface area (Å²) in [6.07, 6.45) is 4.73. The van der Waals surface area contributed by atoms with Gasteiger partial charge in [0.25, 0.3) is 0 Å². The van der Waals surface area contributed by atoms with Crippen LogP contribution in [0.3, 0.4) is 0 Å². The van der Waals surface area contributed by atoms with E-state index >= 15 is 0 Å². The van der Waals surface area contributed by atoms with E-state index in [1.54, 1.807) is 23.1 Å². The van der Waals surface area contributed by atoms with Crippen molar-refractivity contribution in [2.75, 3.05) is 13.6 Å². The zero-order valence-electron chi connectivity index (χ0n) is 12.1. The van der Waals surface area contributed by atoms with Gasteiger partial charge in [-0.25, -0.2) is 4.98 Å². The Morgan fingerprint density at radius 3 is 2.90 bits per heavy atom. The molecule has 0 unspecified atom stereocenters. The molecule has 2 rings (SSSR count). The highest BCUT2D eigenvalue weighted by Crippen LogP contribution is 2.07. The van der Waals surface area contributed by atoms with Crippen molar-refractivity contribution in [3.8, 4) is 0 Å². The molecule has 2 N–H and O–H groups in total. The summed E-state index contributed by atoms with van der Waals surface area (Å²) >= 11 is 1.68. The van der Waals surface area contributed by atoms with Crippen molar-refractivity contribution in [2.24, 2.45) is 12.0 Å². The minimum atomic E-state index is 0.712. The van der Waals surface area contributed by atoms with E-state index in [-0.39, 0.29) is 0 Å². The topological polar surface area (TPSA) is 67.1 Å². The second-order valence-corrected chi connectivity index (χ2v) is 5.54. The SMILES string of the molecule is CN=C(NCCc1csc(C)n1)NCc1cnn(C)c1. The zero-order valence-corrected chi connectivity index (χ0v) is 12.9. The van der Waals surface area contributed by atoms with E-state index < -0.39 is 0 Å². The Labute approximate surface area is 123 Å². The van der Waals surface area contributed by atoms with Crippen molar-refractivity contribution < 1.29 is 0 Å². The van der Waals surface area contributed by atoms with E-state index in [9.17, 15) is 0 Å². The molecule has 20 heavy (non-hydrogen) atoms. The maximum atomic E-state index is 4.44. The first-order valence-electron chi connectivity index (χ1n) is 6.50.